The molecule has 2 fully saturated rings. The molecule has 0 saturated heterocycles. The zero-order chi connectivity index (χ0) is 9.76. The Labute approximate surface area is 95.6 Å². The second-order valence-corrected chi connectivity index (χ2v) is 5.82. The van der Waals surface area contributed by atoms with Gasteiger partial charge in [0.2, 0.25) is 0 Å². The van der Waals surface area contributed by atoms with E-state index in [1.807, 2.05) is 5.38 Å². The molecule has 1 aromatic rings. The van der Waals surface area contributed by atoms with Gasteiger partial charge >= 0.3 is 0 Å². The van der Waals surface area contributed by atoms with Gasteiger partial charge in [0.1, 0.15) is 11.3 Å². The molecule has 0 aromatic carbocycles. The van der Waals surface area contributed by atoms with Crippen molar-refractivity contribution in [2.45, 2.75) is 31.3 Å². The number of halogens is 1. The predicted molar refractivity (Wildman–Crippen MR) is 59.2 cm³/mol. The maximum absolute atomic E-state index is 10.5. The fourth-order valence-corrected chi connectivity index (χ4v) is 4.31. The molecule has 2 atom stereocenters. The number of hydrogen-bond acceptors (Lipinski definition) is 3. The summed E-state index contributed by atoms with van der Waals surface area (Å²) in [4.78, 5) is 0. The van der Waals surface area contributed by atoms with Crippen LogP contribution in [0, 0.1) is 11.8 Å². The Morgan fingerprint density at radius 1 is 1.43 bits per heavy atom. The van der Waals surface area contributed by atoms with E-state index >= 15 is 0 Å². The smallest absolute Gasteiger partial charge is 0.115 e. The standard InChI is InChI=1S/C10H12BrNOS/c11-8-5-14-12-9(8)10(13)6-3-1-2-4-7(6)10/h5-7,13H,1-4H2. The average Bonchev–Trinajstić information content (AvgIpc) is 2.57. The van der Waals surface area contributed by atoms with Crippen LogP contribution in [0.2, 0.25) is 0 Å². The normalized spacial score (nSPS) is 40.7. The van der Waals surface area contributed by atoms with Crippen LogP contribution in [0.15, 0.2) is 9.85 Å². The Bertz CT molecular complexity index is 353. The largest absolute Gasteiger partial charge is 0.383 e. The molecule has 1 N–H and O–H groups in total. The number of aromatic nitrogens is 1. The zero-order valence-electron chi connectivity index (χ0n) is 7.74. The molecule has 1 heterocycles. The lowest BCUT2D eigenvalue weighted by Gasteiger charge is -2.07. The Hall–Kier alpha value is 0.0700. The average molecular weight is 274 g/mol. The minimum absolute atomic E-state index is 0.481. The second kappa shape index (κ2) is 3.03. The topological polar surface area (TPSA) is 33.1 Å². The monoisotopic (exact) mass is 273 g/mol. The van der Waals surface area contributed by atoms with E-state index in [1.54, 1.807) is 0 Å². The molecule has 0 bridgehead atoms. The van der Waals surface area contributed by atoms with Gasteiger partial charge in [0, 0.05) is 5.38 Å². The lowest BCUT2D eigenvalue weighted by molar-refractivity contribution is 0.113. The number of rotatable bonds is 1. The van der Waals surface area contributed by atoms with Crippen LogP contribution in [-0.4, -0.2) is 9.48 Å². The molecule has 2 nitrogen and oxygen atoms in total. The molecule has 0 aliphatic heterocycles. The van der Waals surface area contributed by atoms with Crippen LogP contribution in [0.3, 0.4) is 0 Å². The summed E-state index contributed by atoms with van der Waals surface area (Å²) in [6, 6.07) is 0. The molecule has 2 aliphatic carbocycles. The highest BCUT2D eigenvalue weighted by Gasteiger charge is 2.66. The van der Waals surface area contributed by atoms with Gasteiger partial charge in [0.15, 0.2) is 0 Å². The minimum Gasteiger partial charge on any atom is -0.383 e. The van der Waals surface area contributed by atoms with E-state index in [0.717, 1.165) is 10.2 Å². The van der Waals surface area contributed by atoms with Gasteiger partial charge in [-0.25, -0.2) is 0 Å². The van der Waals surface area contributed by atoms with Crippen molar-refractivity contribution in [3.05, 3.63) is 15.5 Å². The highest BCUT2D eigenvalue weighted by Crippen LogP contribution is 2.65. The lowest BCUT2D eigenvalue weighted by atomic mass is 10.0. The fraction of sp³-hybridized carbons (Fsp3) is 0.700. The number of nitrogens with zero attached hydrogens (tertiary/aromatic N) is 1. The van der Waals surface area contributed by atoms with E-state index in [4.69, 9.17) is 0 Å². The van der Waals surface area contributed by atoms with Crippen molar-refractivity contribution < 1.29 is 5.11 Å². The molecular formula is C10H12BrNOS. The first-order valence-corrected chi connectivity index (χ1v) is 6.70. The van der Waals surface area contributed by atoms with Crippen molar-refractivity contribution >= 4 is 27.5 Å². The summed E-state index contributed by atoms with van der Waals surface area (Å²) in [6.07, 6.45) is 4.88. The summed E-state index contributed by atoms with van der Waals surface area (Å²) in [5.74, 6) is 0.962. The van der Waals surface area contributed by atoms with E-state index in [1.165, 1.54) is 37.2 Å². The SMILES string of the molecule is OC1(c2nscc2Br)C2CCCCC21. The minimum atomic E-state index is -0.588. The molecule has 2 unspecified atom stereocenters. The Morgan fingerprint density at radius 2 is 2.07 bits per heavy atom. The van der Waals surface area contributed by atoms with Crippen molar-refractivity contribution in [1.29, 1.82) is 0 Å². The van der Waals surface area contributed by atoms with Gasteiger partial charge in [0.25, 0.3) is 0 Å². The maximum Gasteiger partial charge on any atom is 0.115 e. The van der Waals surface area contributed by atoms with E-state index in [2.05, 4.69) is 20.3 Å². The molecule has 76 valence electrons. The zero-order valence-corrected chi connectivity index (χ0v) is 10.1. The van der Waals surface area contributed by atoms with Crippen LogP contribution >= 0.6 is 27.5 Å². The Balaban J connectivity index is 1.96. The number of aliphatic hydroxyl groups is 1. The summed E-state index contributed by atoms with van der Waals surface area (Å²) < 4.78 is 5.30. The third-order valence-corrected chi connectivity index (χ3v) is 5.23. The summed E-state index contributed by atoms with van der Waals surface area (Å²) in [6.45, 7) is 0. The van der Waals surface area contributed by atoms with Crippen molar-refractivity contribution in [3.63, 3.8) is 0 Å². The van der Waals surface area contributed by atoms with E-state index in [9.17, 15) is 5.11 Å². The van der Waals surface area contributed by atoms with E-state index in [0.29, 0.717) is 11.8 Å². The first-order valence-electron chi connectivity index (χ1n) is 5.07. The maximum atomic E-state index is 10.5. The van der Waals surface area contributed by atoms with Gasteiger partial charge in [0.05, 0.1) is 4.47 Å². The molecule has 0 radical (unpaired) electrons. The Kier molecular flexibility index (Phi) is 2.01. The first-order chi connectivity index (χ1) is 6.74. The fourth-order valence-electron chi connectivity index (χ4n) is 2.93. The summed E-state index contributed by atoms with van der Waals surface area (Å²) in [5.41, 5.74) is 0.300. The molecule has 14 heavy (non-hydrogen) atoms. The second-order valence-electron chi connectivity index (χ2n) is 4.33. The first kappa shape index (κ1) is 9.31. The predicted octanol–water partition coefficient (Wildman–Crippen LogP) is 2.91. The van der Waals surface area contributed by atoms with Crippen molar-refractivity contribution in [2.24, 2.45) is 11.8 Å². The van der Waals surface area contributed by atoms with Gasteiger partial charge in [-0.15, -0.1) is 0 Å². The number of fused-ring (bicyclic) bond motifs is 1. The van der Waals surface area contributed by atoms with Crippen molar-refractivity contribution in [3.8, 4) is 0 Å². The highest BCUT2D eigenvalue weighted by molar-refractivity contribution is 9.10. The molecule has 4 heteroatoms. The summed E-state index contributed by atoms with van der Waals surface area (Å²) in [7, 11) is 0. The van der Waals surface area contributed by atoms with Crippen LogP contribution in [0.25, 0.3) is 0 Å². The third kappa shape index (κ3) is 1.08. The lowest BCUT2D eigenvalue weighted by Crippen LogP contribution is -2.11. The molecule has 2 saturated carbocycles. The van der Waals surface area contributed by atoms with Gasteiger partial charge < -0.3 is 5.11 Å². The van der Waals surface area contributed by atoms with Gasteiger partial charge in [-0.05, 0) is 52.1 Å². The van der Waals surface area contributed by atoms with Crippen molar-refractivity contribution in [1.82, 2.24) is 4.37 Å². The quantitative estimate of drug-likeness (QED) is 0.854. The molecule has 2 aliphatic rings. The van der Waals surface area contributed by atoms with Crippen LogP contribution in [0.1, 0.15) is 31.4 Å². The summed E-state index contributed by atoms with van der Waals surface area (Å²) in [5, 5.41) is 12.5. The molecule has 0 amide bonds. The van der Waals surface area contributed by atoms with Gasteiger partial charge in [-0.1, -0.05) is 12.8 Å². The van der Waals surface area contributed by atoms with Gasteiger partial charge in [-0.3, -0.25) is 0 Å². The molecule has 1 aromatic heterocycles. The molecule has 3 rings (SSSR count). The molecular weight excluding hydrogens is 262 g/mol. The number of hydrogen-bond donors (Lipinski definition) is 1. The van der Waals surface area contributed by atoms with Gasteiger partial charge in [-0.2, -0.15) is 4.37 Å². The van der Waals surface area contributed by atoms with E-state index in [-0.39, 0.29) is 0 Å². The van der Waals surface area contributed by atoms with Crippen LogP contribution in [0.4, 0.5) is 0 Å². The van der Waals surface area contributed by atoms with E-state index < -0.39 is 5.60 Å². The van der Waals surface area contributed by atoms with Crippen LogP contribution < -0.4 is 0 Å². The molecule has 0 spiro atoms. The summed E-state index contributed by atoms with van der Waals surface area (Å²) >= 11 is 4.89. The Morgan fingerprint density at radius 3 is 2.57 bits per heavy atom. The van der Waals surface area contributed by atoms with Crippen molar-refractivity contribution in [2.75, 3.05) is 0 Å². The van der Waals surface area contributed by atoms with Crippen LogP contribution in [-0.2, 0) is 5.60 Å². The highest BCUT2D eigenvalue weighted by atomic mass is 79.9. The third-order valence-electron chi connectivity index (χ3n) is 3.69. The van der Waals surface area contributed by atoms with Crippen LogP contribution in [0.5, 0.6) is 0 Å².